The van der Waals surface area contributed by atoms with E-state index in [1.54, 1.807) is 11.1 Å². The second kappa shape index (κ2) is 13.7. The van der Waals surface area contributed by atoms with Crippen molar-refractivity contribution in [2.45, 2.75) is 136 Å². The average Bonchev–Trinajstić information content (AvgIpc) is 3.82. The average molecular weight is 871 g/mol. The largest absolute Gasteiger partial charge is 0.454 e. The number of nitrogens with zero attached hydrogens (tertiary/aromatic N) is 2. The van der Waals surface area contributed by atoms with E-state index >= 15 is 0 Å². The monoisotopic (exact) mass is 870 g/mol. The smallest absolute Gasteiger partial charge is 0.254 e. The quantitative estimate of drug-likeness (QED) is 0.165. The van der Waals surface area contributed by atoms with Gasteiger partial charge in [0.25, 0.3) is 6.71 Å². The predicted octanol–water partition coefficient (Wildman–Crippen LogP) is 15.6. The highest BCUT2D eigenvalue weighted by Crippen LogP contribution is 2.54. The first-order valence-electron chi connectivity index (χ1n) is 24.4. The Balaban J connectivity index is 1.22. The van der Waals surface area contributed by atoms with E-state index in [1.165, 1.54) is 102 Å². The van der Waals surface area contributed by atoms with Crippen LogP contribution in [0.3, 0.4) is 0 Å². The van der Waals surface area contributed by atoms with Crippen LogP contribution in [-0.4, -0.2) is 6.71 Å². The summed E-state index contributed by atoms with van der Waals surface area (Å²) in [6, 6.07) is 40.4. The molecule has 0 amide bonds. The summed E-state index contributed by atoms with van der Waals surface area (Å²) in [7, 11) is 0. The molecule has 0 bridgehead atoms. The third-order valence-electron chi connectivity index (χ3n) is 16.6. The number of rotatable bonds is 3. The number of aryl methyl sites for hydroxylation is 1. The Labute approximate surface area is 390 Å². The molecular formula is C60H63BN2OS. The summed E-state index contributed by atoms with van der Waals surface area (Å²) in [5, 5.41) is 5.09. The fourth-order valence-corrected chi connectivity index (χ4v) is 14.0. The van der Waals surface area contributed by atoms with Crippen molar-refractivity contribution in [1.29, 1.82) is 0 Å². The molecule has 4 aliphatic rings. The van der Waals surface area contributed by atoms with E-state index in [4.69, 9.17) is 4.42 Å². The van der Waals surface area contributed by atoms with Crippen molar-refractivity contribution in [1.82, 2.24) is 0 Å². The second-order valence-electron chi connectivity index (χ2n) is 23.6. The Morgan fingerprint density at radius 2 is 1.35 bits per heavy atom. The van der Waals surface area contributed by atoms with Crippen molar-refractivity contribution >= 4 is 99.9 Å². The number of benzene rings is 6. The molecule has 1 unspecified atom stereocenters. The van der Waals surface area contributed by atoms with E-state index < -0.39 is 0 Å². The lowest BCUT2D eigenvalue weighted by molar-refractivity contribution is 0.332. The van der Waals surface area contributed by atoms with Gasteiger partial charge in [-0.25, -0.2) is 0 Å². The van der Waals surface area contributed by atoms with Gasteiger partial charge in [0.1, 0.15) is 5.58 Å². The Bertz CT molecular complexity index is 3320. The molecule has 6 aromatic carbocycles. The molecule has 65 heavy (non-hydrogen) atoms. The molecule has 5 heteroatoms. The van der Waals surface area contributed by atoms with E-state index in [2.05, 4.69) is 196 Å². The van der Waals surface area contributed by atoms with Gasteiger partial charge >= 0.3 is 0 Å². The summed E-state index contributed by atoms with van der Waals surface area (Å²) >= 11 is 2.02. The molecule has 2 aliphatic heterocycles. The van der Waals surface area contributed by atoms with E-state index in [1.807, 2.05) is 11.3 Å². The molecular weight excluding hydrogens is 808 g/mol. The van der Waals surface area contributed by atoms with E-state index in [9.17, 15) is 0 Å². The Kier molecular flexibility index (Phi) is 8.66. The number of hydrogen-bond donors (Lipinski definition) is 0. The van der Waals surface area contributed by atoms with Gasteiger partial charge in [0.2, 0.25) is 0 Å². The molecule has 1 atom stereocenters. The van der Waals surface area contributed by atoms with Gasteiger partial charge in [-0.2, -0.15) is 0 Å². The minimum Gasteiger partial charge on any atom is -0.454 e. The molecule has 2 aliphatic carbocycles. The molecule has 0 saturated carbocycles. The van der Waals surface area contributed by atoms with Gasteiger partial charge in [0.15, 0.2) is 5.58 Å². The van der Waals surface area contributed by atoms with Gasteiger partial charge < -0.3 is 14.2 Å². The van der Waals surface area contributed by atoms with Crippen LogP contribution in [-0.2, 0) is 21.7 Å². The molecule has 3 nitrogen and oxygen atoms in total. The lowest BCUT2D eigenvalue weighted by Gasteiger charge is -2.45. The number of hydrogen-bond acceptors (Lipinski definition) is 4. The van der Waals surface area contributed by atoms with Gasteiger partial charge in [0.05, 0.1) is 10.7 Å². The molecule has 4 heterocycles. The molecule has 2 aromatic heterocycles. The maximum atomic E-state index is 6.90. The van der Waals surface area contributed by atoms with Crippen molar-refractivity contribution < 1.29 is 4.42 Å². The molecule has 12 rings (SSSR count). The third-order valence-corrected chi connectivity index (χ3v) is 17.8. The van der Waals surface area contributed by atoms with Crippen molar-refractivity contribution in [2.75, 3.05) is 9.80 Å². The Morgan fingerprint density at radius 1 is 0.646 bits per heavy atom. The number of para-hydroxylation sites is 2. The first-order valence-corrected chi connectivity index (χ1v) is 25.2. The minimum absolute atomic E-state index is 0.0316. The van der Waals surface area contributed by atoms with Crippen LogP contribution in [0.5, 0.6) is 0 Å². The van der Waals surface area contributed by atoms with Gasteiger partial charge in [-0.3, -0.25) is 0 Å². The van der Waals surface area contributed by atoms with Crippen LogP contribution < -0.4 is 26.2 Å². The topological polar surface area (TPSA) is 19.6 Å². The number of furan rings is 1. The predicted molar refractivity (Wildman–Crippen MR) is 282 cm³/mol. The van der Waals surface area contributed by atoms with Gasteiger partial charge in [0, 0.05) is 38.2 Å². The number of thiophene rings is 1. The molecule has 0 radical (unpaired) electrons. The summed E-state index contributed by atoms with van der Waals surface area (Å²) in [6.07, 6.45) is 4.84. The normalized spacial score (nSPS) is 19.1. The Hall–Kier alpha value is -5.26. The van der Waals surface area contributed by atoms with Crippen LogP contribution in [0.4, 0.5) is 33.4 Å². The molecule has 328 valence electrons. The number of anilines is 6. The Morgan fingerprint density at radius 3 is 2.11 bits per heavy atom. The molecule has 0 spiro atoms. The standard InChI is InChI=1S/C60H63BN2OS/c1-34(2)38-24-25-58(7,8)44-33-52-42(32-41(38)44)53-56(65-52)62(37-21-22-43-45(31-37)60(11,12)27-26-59(43,9)10)49-28-35(3)29-50-54(49)61(53)46-30-36(57(4,5)6)20-23-47(46)63(50)48-18-15-17-40-39-16-13-14-19-51(39)64-55(40)48/h13-23,28-34,38H,24-27H2,1-12H3. The fourth-order valence-electron chi connectivity index (χ4n) is 12.7. The second-order valence-corrected chi connectivity index (χ2v) is 24.7. The highest BCUT2D eigenvalue weighted by atomic mass is 32.1. The summed E-state index contributed by atoms with van der Waals surface area (Å²) in [5.41, 5.74) is 21.2. The highest BCUT2D eigenvalue weighted by Gasteiger charge is 2.47. The SMILES string of the molecule is Cc1cc2c3c(c1)N(c1cccc4c1oc1ccccc14)c1ccc(C(C)(C)C)cc1B3c1c(sc3cc4c(cc13)C(C(C)C)CCC4(C)C)N2c1ccc2c(c1)C(C)(C)CCC2(C)C. The summed E-state index contributed by atoms with van der Waals surface area (Å²) in [6.45, 7) is 29.1. The molecule has 8 aromatic rings. The van der Waals surface area contributed by atoms with Crippen LogP contribution in [0.1, 0.15) is 141 Å². The van der Waals surface area contributed by atoms with Crippen LogP contribution >= 0.6 is 11.3 Å². The van der Waals surface area contributed by atoms with E-state index in [-0.39, 0.29) is 28.4 Å². The van der Waals surface area contributed by atoms with E-state index in [0.29, 0.717) is 11.8 Å². The zero-order valence-corrected chi connectivity index (χ0v) is 41.4. The summed E-state index contributed by atoms with van der Waals surface area (Å²) in [4.78, 5) is 5.26. The van der Waals surface area contributed by atoms with Crippen molar-refractivity contribution in [3.05, 3.63) is 137 Å². The third kappa shape index (κ3) is 5.92. The number of fused-ring (bicyclic) bond motifs is 11. The van der Waals surface area contributed by atoms with E-state index in [0.717, 1.165) is 27.6 Å². The zero-order valence-electron chi connectivity index (χ0n) is 40.6. The van der Waals surface area contributed by atoms with Crippen LogP contribution in [0.2, 0.25) is 0 Å². The van der Waals surface area contributed by atoms with Gasteiger partial charge in [-0.05, 0) is 170 Å². The maximum absolute atomic E-state index is 6.90. The van der Waals surface area contributed by atoms with Crippen LogP contribution in [0, 0.1) is 12.8 Å². The summed E-state index contributed by atoms with van der Waals surface area (Å²) < 4.78 is 8.31. The van der Waals surface area contributed by atoms with Crippen LogP contribution in [0.25, 0.3) is 32.0 Å². The highest BCUT2D eigenvalue weighted by molar-refractivity contribution is 7.26. The zero-order chi connectivity index (χ0) is 45.3. The summed E-state index contributed by atoms with van der Waals surface area (Å²) in [5.74, 6) is 1.12. The minimum atomic E-state index is -0.0336. The first-order chi connectivity index (χ1) is 30.8. The van der Waals surface area contributed by atoms with Crippen LogP contribution in [0.15, 0.2) is 108 Å². The molecule has 0 N–H and O–H groups in total. The lowest BCUT2D eigenvalue weighted by Crippen LogP contribution is -2.61. The van der Waals surface area contributed by atoms with Crippen molar-refractivity contribution in [3.63, 3.8) is 0 Å². The molecule has 0 saturated heterocycles. The van der Waals surface area contributed by atoms with Gasteiger partial charge in [-0.1, -0.05) is 131 Å². The van der Waals surface area contributed by atoms with Crippen molar-refractivity contribution in [2.24, 2.45) is 5.92 Å². The maximum Gasteiger partial charge on any atom is 0.254 e. The fraction of sp³-hybridized carbons (Fsp3) is 0.367. The lowest BCUT2D eigenvalue weighted by atomic mass is 9.33. The molecule has 0 fully saturated rings. The first kappa shape index (κ1) is 41.2. The van der Waals surface area contributed by atoms with Crippen molar-refractivity contribution in [3.8, 4) is 0 Å². The van der Waals surface area contributed by atoms with Gasteiger partial charge in [-0.15, -0.1) is 11.3 Å².